The number of carbonyl (C=O) groups is 2. The van der Waals surface area contributed by atoms with Gasteiger partial charge in [-0.25, -0.2) is 4.39 Å². The Kier molecular flexibility index (Phi) is 3.50. The molecule has 0 radical (unpaired) electrons. The first-order valence-electron chi connectivity index (χ1n) is 4.33. The number of halogens is 4. The van der Waals surface area contributed by atoms with Gasteiger partial charge in [-0.05, 0) is 18.2 Å². The Bertz CT molecular complexity index is 465. The van der Waals surface area contributed by atoms with Gasteiger partial charge in [-0.3, -0.25) is 9.59 Å². The molecule has 92 valence electrons. The van der Waals surface area contributed by atoms with Gasteiger partial charge in [-0.1, -0.05) is 0 Å². The highest BCUT2D eigenvalue weighted by Crippen LogP contribution is 2.32. The smallest absolute Gasteiger partial charge is 0.417 e. The van der Waals surface area contributed by atoms with E-state index in [2.05, 4.69) is 0 Å². The van der Waals surface area contributed by atoms with E-state index in [9.17, 15) is 27.2 Å². The van der Waals surface area contributed by atoms with Crippen LogP contribution in [0.5, 0.6) is 0 Å². The molecular weight excluding hydrogens is 244 g/mol. The highest BCUT2D eigenvalue weighted by Gasteiger charge is 2.35. The second-order valence-electron chi connectivity index (χ2n) is 3.18. The zero-order chi connectivity index (χ0) is 13.2. The Morgan fingerprint density at radius 3 is 2.29 bits per heavy atom. The van der Waals surface area contributed by atoms with Gasteiger partial charge in [-0.15, -0.1) is 0 Å². The van der Waals surface area contributed by atoms with Crippen LogP contribution in [0.3, 0.4) is 0 Å². The Balaban J connectivity index is 3.25. The minimum Gasteiger partial charge on any atom is -0.481 e. The van der Waals surface area contributed by atoms with Crippen LogP contribution in [0.25, 0.3) is 0 Å². The largest absolute Gasteiger partial charge is 0.481 e. The average Bonchev–Trinajstić information content (AvgIpc) is 2.14. The molecule has 0 saturated heterocycles. The fourth-order valence-electron chi connectivity index (χ4n) is 1.23. The predicted molar refractivity (Wildman–Crippen MR) is 48.0 cm³/mol. The van der Waals surface area contributed by atoms with Crippen molar-refractivity contribution in [3.8, 4) is 0 Å². The summed E-state index contributed by atoms with van der Waals surface area (Å²) in [5.74, 6) is -3.90. The summed E-state index contributed by atoms with van der Waals surface area (Å²) in [5.41, 5.74) is -2.31. The van der Waals surface area contributed by atoms with Crippen molar-refractivity contribution in [2.75, 3.05) is 0 Å². The molecule has 0 bridgehead atoms. The average molecular weight is 250 g/mol. The van der Waals surface area contributed by atoms with Crippen molar-refractivity contribution in [1.29, 1.82) is 0 Å². The second kappa shape index (κ2) is 4.52. The van der Waals surface area contributed by atoms with Crippen LogP contribution in [0.4, 0.5) is 17.6 Å². The number of hydrogen-bond acceptors (Lipinski definition) is 2. The summed E-state index contributed by atoms with van der Waals surface area (Å²) < 4.78 is 50.1. The minimum absolute atomic E-state index is 0.383. The fraction of sp³-hybridized carbons (Fsp3) is 0.200. The van der Waals surface area contributed by atoms with E-state index in [1.807, 2.05) is 0 Å². The van der Waals surface area contributed by atoms with E-state index in [-0.39, 0.29) is 0 Å². The molecular formula is C10H6F4O3. The maximum atomic E-state index is 12.8. The van der Waals surface area contributed by atoms with Gasteiger partial charge in [0.2, 0.25) is 0 Å². The standard InChI is InChI=1S/C10H6F4O3/c11-5-1-2-7(10(12,13)14)6(3-5)8(15)4-9(16)17/h1-3H,4H2,(H,16,17). The number of aliphatic carboxylic acids is 1. The van der Waals surface area contributed by atoms with Gasteiger partial charge in [-0.2, -0.15) is 13.2 Å². The van der Waals surface area contributed by atoms with E-state index in [1.165, 1.54) is 0 Å². The summed E-state index contributed by atoms with van der Waals surface area (Å²) in [7, 11) is 0. The molecule has 7 heteroatoms. The Morgan fingerprint density at radius 1 is 1.24 bits per heavy atom. The summed E-state index contributed by atoms with van der Waals surface area (Å²) in [6.07, 6.45) is -5.95. The highest BCUT2D eigenvalue weighted by molar-refractivity contribution is 6.06. The summed E-state index contributed by atoms with van der Waals surface area (Å²) in [6, 6.07) is 1.35. The van der Waals surface area contributed by atoms with Gasteiger partial charge in [0.1, 0.15) is 12.2 Å². The predicted octanol–water partition coefficient (Wildman–Crippen LogP) is 2.50. The SMILES string of the molecule is O=C(O)CC(=O)c1cc(F)ccc1C(F)(F)F. The monoisotopic (exact) mass is 250 g/mol. The molecule has 0 fully saturated rings. The molecule has 17 heavy (non-hydrogen) atoms. The Labute approximate surface area is 92.7 Å². The molecule has 0 unspecified atom stereocenters. The molecule has 0 heterocycles. The van der Waals surface area contributed by atoms with Crippen molar-refractivity contribution in [3.63, 3.8) is 0 Å². The van der Waals surface area contributed by atoms with Gasteiger partial charge in [0.05, 0.1) is 5.56 Å². The van der Waals surface area contributed by atoms with Crippen molar-refractivity contribution in [3.05, 3.63) is 35.1 Å². The van der Waals surface area contributed by atoms with E-state index in [0.29, 0.717) is 18.2 Å². The molecule has 0 aliphatic carbocycles. The van der Waals surface area contributed by atoms with Crippen LogP contribution in [0, 0.1) is 5.82 Å². The topological polar surface area (TPSA) is 54.4 Å². The van der Waals surface area contributed by atoms with Crippen LogP contribution in [0.15, 0.2) is 18.2 Å². The first-order chi connectivity index (χ1) is 7.71. The summed E-state index contributed by atoms with van der Waals surface area (Å²) in [6.45, 7) is 0. The van der Waals surface area contributed by atoms with E-state index in [4.69, 9.17) is 5.11 Å². The van der Waals surface area contributed by atoms with E-state index in [0.717, 1.165) is 0 Å². The number of ketones is 1. The molecule has 1 N–H and O–H groups in total. The van der Waals surface area contributed by atoms with Crippen LogP contribution in [-0.2, 0) is 11.0 Å². The van der Waals surface area contributed by atoms with Crippen molar-refractivity contribution >= 4 is 11.8 Å². The van der Waals surface area contributed by atoms with Crippen LogP contribution < -0.4 is 0 Å². The van der Waals surface area contributed by atoms with Crippen molar-refractivity contribution in [1.82, 2.24) is 0 Å². The van der Waals surface area contributed by atoms with Gasteiger partial charge in [0.15, 0.2) is 5.78 Å². The summed E-state index contributed by atoms with van der Waals surface area (Å²) >= 11 is 0. The second-order valence-corrected chi connectivity index (χ2v) is 3.18. The molecule has 0 saturated carbocycles. The molecule has 3 nitrogen and oxygen atoms in total. The number of rotatable bonds is 3. The lowest BCUT2D eigenvalue weighted by atomic mass is 10.0. The maximum absolute atomic E-state index is 12.8. The quantitative estimate of drug-likeness (QED) is 0.509. The van der Waals surface area contributed by atoms with Crippen LogP contribution in [-0.4, -0.2) is 16.9 Å². The molecule has 1 rings (SSSR count). The molecule has 0 aliphatic rings. The first kappa shape index (κ1) is 13.1. The molecule has 0 amide bonds. The van der Waals surface area contributed by atoms with Gasteiger partial charge < -0.3 is 5.11 Å². The van der Waals surface area contributed by atoms with Gasteiger partial charge in [0, 0.05) is 5.56 Å². The van der Waals surface area contributed by atoms with Gasteiger partial charge in [0.25, 0.3) is 0 Å². The minimum atomic E-state index is -4.84. The van der Waals surface area contributed by atoms with E-state index >= 15 is 0 Å². The molecule has 0 aromatic heterocycles. The lowest BCUT2D eigenvalue weighted by Gasteiger charge is -2.11. The number of carboxylic acid groups (broad SMARTS) is 1. The zero-order valence-electron chi connectivity index (χ0n) is 8.21. The van der Waals surface area contributed by atoms with Crippen LogP contribution >= 0.6 is 0 Å². The number of Topliss-reactive ketones (excluding diaryl/α,β-unsaturated/α-hetero) is 1. The summed E-state index contributed by atoms with van der Waals surface area (Å²) in [5, 5.41) is 8.31. The maximum Gasteiger partial charge on any atom is 0.417 e. The number of benzene rings is 1. The third-order valence-electron chi connectivity index (χ3n) is 1.90. The number of hydrogen-bond donors (Lipinski definition) is 1. The third kappa shape index (κ3) is 3.27. The lowest BCUT2D eigenvalue weighted by Crippen LogP contribution is -2.15. The molecule has 0 aliphatic heterocycles. The molecule has 0 atom stereocenters. The van der Waals surface area contributed by atoms with Gasteiger partial charge >= 0.3 is 12.1 Å². The summed E-state index contributed by atoms with van der Waals surface area (Å²) in [4.78, 5) is 21.5. The Hall–Kier alpha value is -1.92. The number of alkyl halides is 3. The normalized spacial score (nSPS) is 11.3. The van der Waals surface area contributed by atoms with Crippen LogP contribution in [0.1, 0.15) is 22.3 Å². The highest BCUT2D eigenvalue weighted by atomic mass is 19.4. The molecule has 1 aromatic rings. The first-order valence-corrected chi connectivity index (χ1v) is 4.33. The van der Waals surface area contributed by atoms with Crippen molar-refractivity contribution in [2.45, 2.75) is 12.6 Å². The fourth-order valence-corrected chi connectivity index (χ4v) is 1.23. The van der Waals surface area contributed by atoms with Crippen LogP contribution in [0.2, 0.25) is 0 Å². The van der Waals surface area contributed by atoms with Crippen molar-refractivity contribution in [2.24, 2.45) is 0 Å². The molecule has 1 aromatic carbocycles. The number of carbonyl (C=O) groups excluding carboxylic acids is 1. The van der Waals surface area contributed by atoms with E-state index < -0.39 is 41.3 Å². The molecule has 0 spiro atoms. The third-order valence-corrected chi connectivity index (χ3v) is 1.90. The van der Waals surface area contributed by atoms with Crippen molar-refractivity contribution < 1.29 is 32.3 Å². The number of carboxylic acids is 1. The van der Waals surface area contributed by atoms with E-state index in [1.54, 1.807) is 0 Å². The lowest BCUT2D eigenvalue weighted by molar-refractivity contribution is -0.139. The zero-order valence-corrected chi connectivity index (χ0v) is 8.21. The Morgan fingerprint density at radius 2 is 1.82 bits per heavy atom.